The van der Waals surface area contributed by atoms with Gasteiger partial charge in [0.2, 0.25) is 0 Å². The smallest absolute Gasteiger partial charge is 0.326 e. The summed E-state index contributed by atoms with van der Waals surface area (Å²) >= 11 is 0. The Kier molecular flexibility index (Phi) is 6.22. The van der Waals surface area contributed by atoms with E-state index in [9.17, 15) is 14.7 Å². The number of nitrogens with one attached hydrogen (secondary N) is 1. The van der Waals surface area contributed by atoms with Gasteiger partial charge in [-0.25, -0.2) is 9.59 Å². The molecule has 1 aliphatic heterocycles. The lowest BCUT2D eigenvalue weighted by molar-refractivity contribution is -0.141. The average Bonchev–Trinajstić information content (AvgIpc) is 2.78. The molecule has 0 bridgehead atoms. The van der Waals surface area contributed by atoms with Crippen LogP contribution in [0.3, 0.4) is 0 Å². The normalized spacial score (nSPS) is 23.9. The van der Waals surface area contributed by atoms with Crippen molar-refractivity contribution in [1.29, 1.82) is 0 Å². The van der Waals surface area contributed by atoms with E-state index in [0.717, 1.165) is 13.1 Å². The van der Waals surface area contributed by atoms with Gasteiger partial charge in [-0.15, -0.1) is 0 Å². The maximum absolute atomic E-state index is 12.1. The molecule has 3 N–H and O–H groups in total. The van der Waals surface area contributed by atoms with E-state index in [0.29, 0.717) is 6.54 Å². The van der Waals surface area contributed by atoms with E-state index in [2.05, 4.69) is 24.1 Å². The topological polar surface area (TPSA) is 93.1 Å². The number of aliphatic hydroxyl groups excluding tert-OH is 1. The van der Waals surface area contributed by atoms with Crippen LogP contribution in [0.25, 0.3) is 0 Å². The minimum atomic E-state index is -1.08. The van der Waals surface area contributed by atoms with Gasteiger partial charge in [-0.2, -0.15) is 0 Å². The minimum absolute atomic E-state index is 0.0702. The van der Waals surface area contributed by atoms with E-state index in [4.69, 9.17) is 5.11 Å². The third-order valence-corrected chi connectivity index (χ3v) is 3.62. The van der Waals surface area contributed by atoms with Crippen LogP contribution in [0.15, 0.2) is 0 Å². The molecule has 7 heteroatoms. The Morgan fingerprint density at radius 3 is 2.50 bits per heavy atom. The molecule has 0 aromatic heterocycles. The number of urea groups is 1. The number of aliphatic carboxylic acids is 1. The van der Waals surface area contributed by atoms with E-state index in [-0.39, 0.29) is 19.0 Å². The first kappa shape index (κ1) is 16.7. The van der Waals surface area contributed by atoms with Gasteiger partial charge in [-0.1, -0.05) is 13.8 Å². The van der Waals surface area contributed by atoms with Crippen LogP contribution in [0.2, 0.25) is 0 Å². The van der Waals surface area contributed by atoms with Crippen molar-refractivity contribution in [2.45, 2.75) is 45.4 Å². The van der Waals surface area contributed by atoms with Crippen LogP contribution in [0, 0.1) is 0 Å². The quantitative estimate of drug-likeness (QED) is 0.637. The lowest BCUT2D eigenvalue weighted by Crippen LogP contribution is -2.51. The highest BCUT2D eigenvalue weighted by Crippen LogP contribution is 2.18. The lowest BCUT2D eigenvalue weighted by Gasteiger charge is -2.27. The highest BCUT2D eigenvalue weighted by Gasteiger charge is 2.39. The molecule has 116 valence electrons. The molecule has 1 heterocycles. The van der Waals surface area contributed by atoms with Crippen LogP contribution in [-0.4, -0.2) is 76.4 Å². The van der Waals surface area contributed by atoms with Gasteiger partial charge in [0.15, 0.2) is 0 Å². The molecule has 1 aliphatic rings. The number of β-amino-alcohol motifs (C(OH)–C–C–N with tert-alkyl or cyclic N) is 1. The maximum atomic E-state index is 12.1. The zero-order chi connectivity index (χ0) is 15.3. The van der Waals surface area contributed by atoms with Crippen LogP contribution in [-0.2, 0) is 4.79 Å². The summed E-state index contributed by atoms with van der Waals surface area (Å²) < 4.78 is 0. The molecule has 0 aromatic rings. The van der Waals surface area contributed by atoms with E-state index < -0.39 is 24.1 Å². The van der Waals surface area contributed by atoms with Gasteiger partial charge in [-0.3, -0.25) is 0 Å². The zero-order valence-electron chi connectivity index (χ0n) is 12.4. The maximum Gasteiger partial charge on any atom is 0.326 e. The molecule has 0 aliphatic carbocycles. The molecular weight excluding hydrogens is 262 g/mol. The first-order valence-corrected chi connectivity index (χ1v) is 7.09. The second kappa shape index (κ2) is 7.44. The van der Waals surface area contributed by atoms with E-state index in [1.165, 1.54) is 4.90 Å². The second-order valence-corrected chi connectivity index (χ2v) is 5.23. The van der Waals surface area contributed by atoms with Crippen molar-refractivity contribution in [2.24, 2.45) is 0 Å². The van der Waals surface area contributed by atoms with Crippen molar-refractivity contribution in [3.8, 4) is 0 Å². The SMILES string of the molecule is CCN(CC)CC(C)NC(=O)N1CC(O)C[C@H]1C(=O)O. The Balaban J connectivity index is 2.54. The predicted molar refractivity (Wildman–Crippen MR) is 74.5 cm³/mol. The number of carbonyl (C=O) groups excluding carboxylic acids is 1. The number of aliphatic hydroxyl groups is 1. The summed E-state index contributed by atoms with van der Waals surface area (Å²) in [7, 11) is 0. The fourth-order valence-electron chi connectivity index (χ4n) is 2.48. The molecule has 1 fully saturated rings. The fourth-order valence-corrected chi connectivity index (χ4v) is 2.48. The highest BCUT2D eigenvalue weighted by atomic mass is 16.4. The number of carboxylic acids is 1. The Hall–Kier alpha value is -1.34. The first-order chi connectivity index (χ1) is 9.38. The summed E-state index contributed by atoms with van der Waals surface area (Å²) in [5.41, 5.74) is 0. The first-order valence-electron chi connectivity index (χ1n) is 7.09. The standard InChI is InChI=1S/C13H25N3O4/c1-4-15(5-2)7-9(3)14-13(20)16-8-10(17)6-11(16)12(18)19/h9-11,17H,4-8H2,1-3H3,(H,14,20)(H,18,19)/t9?,10?,11-/m0/s1. The number of hydrogen-bond acceptors (Lipinski definition) is 4. The third kappa shape index (κ3) is 4.35. The van der Waals surface area contributed by atoms with E-state index in [1.807, 2.05) is 6.92 Å². The number of nitrogens with zero attached hydrogens (tertiary/aromatic N) is 2. The second-order valence-electron chi connectivity index (χ2n) is 5.23. The Labute approximate surface area is 119 Å². The fraction of sp³-hybridized carbons (Fsp3) is 0.846. The molecule has 7 nitrogen and oxygen atoms in total. The van der Waals surface area contributed by atoms with Gasteiger partial charge in [0, 0.05) is 25.6 Å². The molecule has 2 amide bonds. The van der Waals surface area contributed by atoms with Crippen LogP contribution in [0.4, 0.5) is 4.79 Å². The number of likely N-dealkylation sites (N-methyl/N-ethyl adjacent to an activating group) is 1. The average molecular weight is 287 g/mol. The summed E-state index contributed by atoms with van der Waals surface area (Å²) in [6.45, 7) is 8.57. The molecule has 1 saturated heterocycles. The molecule has 0 saturated carbocycles. The highest BCUT2D eigenvalue weighted by molar-refractivity contribution is 5.83. The molecule has 3 atom stereocenters. The van der Waals surface area contributed by atoms with Crippen molar-refractivity contribution in [2.75, 3.05) is 26.2 Å². The summed E-state index contributed by atoms with van der Waals surface area (Å²) in [6.07, 6.45) is -0.673. The predicted octanol–water partition coefficient (Wildman–Crippen LogP) is -0.0539. The molecule has 0 spiro atoms. The van der Waals surface area contributed by atoms with Gasteiger partial charge >= 0.3 is 12.0 Å². The van der Waals surface area contributed by atoms with Crippen molar-refractivity contribution in [1.82, 2.24) is 15.1 Å². The largest absolute Gasteiger partial charge is 0.480 e. The summed E-state index contributed by atoms with van der Waals surface area (Å²) in [4.78, 5) is 26.6. The van der Waals surface area contributed by atoms with Crippen molar-refractivity contribution < 1.29 is 19.8 Å². The molecule has 20 heavy (non-hydrogen) atoms. The van der Waals surface area contributed by atoms with Crippen LogP contribution >= 0.6 is 0 Å². The molecule has 0 radical (unpaired) electrons. The van der Waals surface area contributed by atoms with E-state index >= 15 is 0 Å². The number of carbonyl (C=O) groups is 2. The van der Waals surface area contributed by atoms with Crippen molar-refractivity contribution in [3.63, 3.8) is 0 Å². The van der Waals surface area contributed by atoms with Gasteiger partial charge in [-0.05, 0) is 20.0 Å². The zero-order valence-corrected chi connectivity index (χ0v) is 12.4. The number of likely N-dealkylation sites (tertiary alicyclic amines) is 1. The summed E-state index contributed by atoms with van der Waals surface area (Å²) in [5.74, 6) is -1.08. The Bertz CT molecular complexity index is 347. The lowest BCUT2D eigenvalue weighted by atomic mass is 10.2. The number of rotatable bonds is 6. The Morgan fingerprint density at radius 1 is 1.40 bits per heavy atom. The number of carboxylic acid groups (broad SMARTS) is 1. The van der Waals surface area contributed by atoms with Gasteiger partial charge in [0.05, 0.1) is 6.10 Å². The van der Waals surface area contributed by atoms with Crippen molar-refractivity contribution in [3.05, 3.63) is 0 Å². The monoisotopic (exact) mass is 287 g/mol. The summed E-state index contributed by atoms with van der Waals surface area (Å²) in [5, 5.41) is 21.4. The summed E-state index contributed by atoms with van der Waals surface area (Å²) in [6, 6.07) is -1.44. The van der Waals surface area contributed by atoms with Gasteiger partial charge < -0.3 is 25.3 Å². The van der Waals surface area contributed by atoms with Crippen molar-refractivity contribution >= 4 is 12.0 Å². The molecule has 2 unspecified atom stereocenters. The van der Waals surface area contributed by atoms with Gasteiger partial charge in [0.1, 0.15) is 6.04 Å². The Morgan fingerprint density at radius 2 is 2.00 bits per heavy atom. The minimum Gasteiger partial charge on any atom is -0.480 e. The van der Waals surface area contributed by atoms with Crippen LogP contribution in [0.1, 0.15) is 27.2 Å². The number of hydrogen-bond donors (Lipinski definition) is 3. The third-order valence-electron chi connectivity index (χ3n) is 3.62. The molecule has 1 rings (SSSR count). The molecular formula is C13H25N3O4. The van der Waals surface area contributed by atoms with Gasteiger partial charge in [0.25, 0.3) is 0 Å². The molecule has 0 aromatic carbocycles. The van der Waals surface area contributed by atoms with Crippen LogP contribution in [0.5, 0.6) is 0 Å². The number of amides is 2. The van der Waals surface area contributed by atoms with E-state index in [1.54, 1.807) is 0 Å². The van der Waals surface area contributed by atoms with Crippen LogP contribution < -0.4 is 5.32 Å².